The minimum Gasteiger partial charge on any atom is -0.320 e. The lowest BCUT2D eigenvalue weighted by Crippen LogP contribution is -2.11. The summed E-state index contributed by atoms with van der Waals surface area (Å²) in [6, 6.07) is 18.6. The van der Waals surface area contributed by atoms with Crippen LogP contribution in [0.15, 0.2) is 66.2 Å². The summed E-state index contributed by atoms with van der Waals surface area (Å²) in [7, 11) is 0. The summed E-state index contributed by atoms with van der Waals surface area (Å²) < 4.78 is 1.28. The monoisotopic (exact) mass is 290 g/mol. The third kappa shape index (κ3) is 2.11. The van der Waals surface area contributed by atoms with Crippen molar-refractivity contribution in [1.82, 2.24) is 4.98 Å². The van der Waals surface area contributed by atoms with E-state index in [2.05, 4.69) is 58.9 Å². The average Bonchev–Trinajstić information content (AvgIpc) is 2.98. The summed E-state index contributed by atoms with van der Waals surface area (Å²) >= 11 is 1.74. The predicted octanol–water partition coefficient (Wildman–Crippen LogP) is 4.50. The third-order valence-corrected chi connectivity index (χ3v) is 4.82. The normalized spacial score (nSPS) is 12.8. The zero-order valence-electron chi connectivity index (χ0n) is 11.4. The molecule has 0 aliphatic rings. The minimum absolute atomic E-state index is 0.118. The van der Waals surface area contributed by atoms with Gasteiger partial charge in [-0.15, -0.1) is 11.3 Å². The second-order valence-electron chi connectivity index (χ2n) is 5.12. The first-order valence-electron chi connectivity index (χ1n) is 6.89. The molecule has 4 aromatic rings. The SMILES string of the molecule is NC(c1ccc2cccnc2c1)c1csc2ccccc12. The molecule has 21 heavy (non-hydrogen) atoms. The molecule has 0 aliphatic carbocycles. The number of hydrogen-bond donors (Lipinski definition) is 1. The Morgan fingerprint density at radius 3 is 2.86 bits per heavy atom. The lowest BCUT2D eigenvalue weighted by atomic mass is 9.98. The Hall–Kier alpha value is -2.23. The molecule has 102 valence electrons. The highest BCUT2D eigenvalue weighted by Gasteiger charge is 2.14. The van der Waals surface area contributed by atoms with Crippen LogP contribution >= 0.6 is 11.3 Å². The number of pyridine rings is 1. The van der Waals surface area contributed by atoms with Gasteiger partial charge in [-0.25, -0.2) is 0 Å². The van der Waals surface area contributed by atoms with Gasteiger partial charge in [0.15, 0.2) is 0 Å². The maximum absolute atomic E-state index is 6.50. The highest BCUT2D eigenvalue weighted by atomic mass is 32.1. The Labute approximate surface area is 126 Å². The van der Waals surface area contributed by atoms with Gasteiger partial charge in [0.2, 0.25) is 0 Å². The van der Waals surface area contributed by atoms with Gasteiger partial charge >= 0.3 is 0 Å². The number of rotatable bonds is 2. The maximum Gasteiger partial charge on any atom is 0.0705 e. The van der Waals surface area contributed by atoms with Crippen molar-refractivity contribution in [2.75, 3.05) is 0 Å². The number of aromatic nitrogens is 1. The summed E-state index contributed by atoms with van der Waals surface area (Å²) in [4.78, 5) is 4.41. The van der Waals surface area contributed by atoms with Crippen molar-refractivity contribution < 1.29 is 0 Å². The van der Waals surface area contributed by atoms with Gasteiger partial charge in [-0.2, -0.15) is 0 Å². The molecule has 1 unspecified atom stereocenters. The molecule has 2 heterocycles. The van der Waals surface area contributed by atoms with E-state index in [9.17, 15) is 0 Å². The summed E-state index contributed by atoms with van der Waals surface area (Å²) in [5.41, 5.74) is 9.78. The van der Waals surface area contributed by atoms with Gasteiger partial charge in [0.25, 0.3) is 0 Å². The van der Waals surface area contributed by atoms with Crippen molar-refractivity contribution in [2.24, 2.45) is 5.73 Å². The van der Waals surface area contributed by atoms with Crippen molar-refractivity contribution in [1.29, 1.82) is 0 Å². The largest absolute Gasteiger partial charge is 0.320 e. The zero-order valence-corrected chi connectivity index (χ0v) is 12.2. The second-order valence-corrected chi connectivity index (χ2v) is 6.03. The number of nitrogens with zero attached hydrogens (tertiary/aromatic N) is 1. The van der Waals surface area contributed by atoms with Crippen LogP contribution in [0.1, 0.15) is 17.2 Å². The number of fused-ring (bicyclic) bond motifs is 2. The molecule has 0 aliphatic heterocycles. The standard InChI is InChI=1S/C18H14N2S/c19-18(15-11-21-17-6-2-1-5-14(15)17)13-8-7-12-4-3-9-20-16(12)10-13/h1-11,18H,19H2. The quantitative estimate of drug-likeness (QED) is 0.590. The van der Waals surface area contributed by atoms with Crippen LogP contribution in [0.3, 0.4) is 0 Å². The smallest absolute Gasteiger partial charge is 0.0705 e. The average molecular weight is 290 g/mol. The van der Waals surface area contributed by atoms with Gasteiger partial charge in [0.05, 0.1) is 11.6 Å². The number of hydrogen-bond acceptors (Lipinski definition) is 3. The van der Waals surface area contributed by atoms with E-state index < -0.39 is 0 Å². The van der Waals surface area contributed by atoms with Crippen LogP contribution in [0, 0.1) is 0 Å². The van der Waals surface area contributed by atoms with Crippen LogP contribution in [0.5, 0.6) is 0 Å². The maximum atomic E-state index is 6.50. The number of benzene rings is 2. The summed E-state index contributed by atoms with van der Waals surface area (Å²) in [6.45, 7) is 0. The Balaban J connectivity index is 1.83. The van der Waals surface area contributed by atoms with Crippen molar-refractivity contribution in [3.63, 3.8) is 0 Å². The van der Waals surface area contributed by atoms with Crippen LogP contribution in [-0.4, -0.2) is 4.98 Å². The predicted molar refractivity (Wildman–Crippen MR) is 89.6 cm³/mol. The molecule has 2 N–H and O–H groups in total. The molecular formula is C18H14N2S. The molecule has 0 saturated carbocycles. The molecule has 3 heteroatoms. The molecule has 2 aromatic carbocycles. The van der Waals surface area contributed by atoms with Gasteiger partial charge in [0.1, 0.15) is 0 Å². The topological polar surface area (TPSA) is 38.9 Å². The first-order valence-corrected chi connectivity index (χ1v) is 7.77. The molecule has 2 aromatic heterocycles. The summed E-state index contributed by atoms with van der Waals surface area (Å²) in [6.07, 6.45) is 1.82. The Morgan fingerprint density at radius 2 is 1.90 bits per heavy atom. The number of nitrogens with two attached hydrogens (primary N) is 1. The molecule has 4 rings (SSSR count). The Morgan fingerprint density at radius 1 is 1.00 bits per heavy atom. The molecule has 0 radical (unpaired) electrons. The van der Waals surface area contributed by atoms with E-state index in [1.165, 1.54) is 15.6 Å². The fourth-order valence-electron chi connectivity index (χ4n) is 2.70. The highest BCUT2D eigenvalue weighted by molar-refractivity contribution is 7.17. The van der Waals surface area contributed by atoms with Crippen molar-refractivity contribution in [3.05, 3.63) is 77.3 Å². The molecule has 0 fully saturated rings. The third-order valence-electron chi connectivity index (χ3n) is 3.84. The van der Waals surface area contributed by atoms with Gasteiger partial charge in [-0.05, 0) is 40.1 Å². The molecule has 0 amide bonds. The van der Waals surface area contributed by atoms with Crippen LogP contribution in [0.4, 0.5) is 0 Å². The Kier molecular flexibility index (Phi) is 2.95. The van der Waals surface area contributed by atoms with E-state index in [-0.39, 0.29) is 6.04 Å². The van der Waals surface area contributed by atoms with E-state index in [0.717, 1.165) is 16.5 Å². The first kappa shape index (κ1) is 12.5. The first-order chi connectivity index (χ1) is 10.3. The molecule has 0 bridgehead atoms. The Bertz CT molecular complexity index is 926. The van der Waals surface area contributed by atoms with Crippen molar-refractivity contribution in [2.45, 2.75) is 6.04 Å². The lowest BCUT2D eigenvalue weighted by Gasteiger charge is -2.12. The number of thiophene rings is 1. The van der Waals surface area contributed by atoms with Crippen LogP contribution < -0.4 is 5.73 Å². The van der Waals surface area contributed by atoms with Gasteiger partial charge < -0.3 is 5.73 Å². The molecule has 2 nitrogen and oxygen atoms in total. The van der Waals surface area contributed by atoms with Gasteiger partial charge in [0, 0.05) is 16.3 Å². The second kappa shape index (κ2) is 4.95. The van der Waals surface area contributed by atoms with Crippen molar-refractivity contribution >= 4 is 32.3 Å². The highest BCUT2D eigenvalue weighted by Crippen LogP contribution is 2.32. The van der Waals surface area contributed by atoms with E-state index in [0.29, 0.717) is 0 Å². The fraction of sp³-hybridized carbons (Fsp3) is 0.0556. The van der Waals surface area contributed by atoms with E-state index in [4.69, 9.17) is 5.73 Å². The molecule has 1 atom stereocenters. The van der Waals surface area contributed by atoms with Crippen LogP contribution in [0.2, 0.25) is 0 Å². The van der Waals surface area contributed by atoms with Crippen molar-refractivity contribution in [3.8, 4) is 0 Å². The van der Waals surface area contributed by atoms with E-state index >= 15 is 0 Å². The molecule has 0 spiro atoms. The van der Waals surface area contributed by atoms with Crippen LogP contribution in [-0.2, 0) is 0 Å². The van der Waals surface area contributed by atoms with Crippen LogP contribution in [0.25, 0.3) is 21.0 Å². The van der Waals surface area contributed by atoms with Gasteiger partial charge in [-0.3, -0.25) is 4.98 Å². The molecular weight excluding hydrogens is 276 g/mol. The van der Waals surface area contributed by atoms with Gasteiger partial charge in [-0.1, -0.05) is 36.4 Å². The minimum atomic E-state index is -0.118. The summed E-state index contributed by atoms with van der Waals surface area (Å²) in [5.74, 6) is 0. The molecule has 0 saturated heterocycles. The van der Waals surface area contributed by atoms with E-state index in [1.807, 2.05) is 12.3 Å². The lowest BCUT2D eigenvalue weighted by molar-refractivity contribution is 0.886. The van der Waals surface area contributed by atoms with E-state index in [1.54, 1.807) is 11.3 Å². The fourth-order valence-corrected chi connectivity index (χ4v) is 3.69. The zero-order chi connectivity index (χ0) is 14.2. The summed E-state index contributed by atoms with van der Waals surface area (Å²) in [5, 5.41) is 4.55.